The maximum Gasteiger partial charge on any atom is 0.174 e. The van der Waals surface area contributed by atoms with E-state index in [2.05, 4.69) is 45.9 Å². The molecule has 0 saturated carbocycles. The van der Waals surface area contributed by atoms with Crippen molar-refractivity contribution in [3.05, 3.63) is 27.8 Å². The SMILES string of the molecule is CN(C)C1CCN([S+]([O-])c2ccc(I)cc2)CC1. The lowest BCUT2D eigenvalue weighted by Gasteiger charge is -2.34. The highest BCUT2D eigenvalue weighted by molar-refractivity contribution is 14.1. The molecule has 1 aliphatic rings. The molecular weight excluding hydrogens is 359 g/mol. The van der Waals surface area contributed by atoms with Crippen LogP contribution < -0.4 is 0 Å². The molecule has 1 fully saturated rings. The molecular formula is C13H19IN2OS. The van der Waals surface area contributed by atoms with Crippen molar-refractivity contribution in [2.45, 2.75) is 23.8 Å². The van der Waals surface area contributed by atoms with Crippen LogP contribution in [0.2, 0.25) is 0 Å². The first kappa shape index (κ1) is 14.6. The van der Waals surface area contributed by atoms with Crippen LogP contribution in [0.1, 0.15) is 12.8 Å². The Balaban J connectivity index is 1.95. The van der Waals surface area contributed by atoms with Gasteiger partial charge in [0.2, 0.25) is 0 Å². The average Bonchev–Trinajstić information content (AvgIpc) is 2.39. The molecule has 0 N–H and O–H groups in total. The molecule has 100 valence electrons. The second-order valence-electron chi connectivity index (χ2n) is 4.83. The zero-order chi connectivity index (χ0) is 13.1. The zero-order valence-electron chi connectivity index (χ0n) is 10.8. The zero-order valence-corrected chi connectivity index (χ0v) is 13.8. The molecule has 1 unspecified atom stereocenters. The molecule has 0 amide bonds. The number of nitrogens with zero attached hydrogens (tertiary/aromatic N) is 2. The Morgan fingerprint density at radius 1 is 1.22 bits per heavy atom. The number of benzene rings is 1. The summed E-state index contributed by atoms with van der Waals surface area (Å²) in [6.07, 6.45) is 2.20. The fourth-order valence-electron chi connectivity index (χ4n) is 2.22. The third-order valence-corrected chi connectivity index (χ3v) is 5.63. The molecule has 0 aliphatic carbocycles. The molecule has 1 aromatic rings. The third kappa shape index (κ3) is 3.60. The maximum absolute atomic E-state index is 12.4. The monoisotopic (exact) mass is 378 g/mol. The highest BCUT2D eigenvalue weighted by Crippen LogP contribution is 2.22. The lowest BCUT2D eigenvalue weighted by Crippen LogP contribution is -2.44. The van der Waals surface area contributed by atoms with Gasteiger partial charge in [-0.2, -0.15) is 0 Å². The summed E-state index contributed by atoms with van der Waals surface area (Å²) in [5.41, 5.74) is 0. The van der Waals surface area contributed by atoms with Crippen molar-refractivity contribution in [1.29, 1.82) is 0 Å². The Morgan fingerprint density at radius 2 is 1.78 bits per heavy atom. The predicted molar refractivity (Wildman–Crippen MR) is 83.8 cm³/mol. The van der Waals surface area contributed by atoms with E-state index in [1.54, 1.807) is 0 Å². The van der Waals surface area contributed by atoms with Crippen LogP contribution in [-0.2, 0) is 11.4 Å². The van der Waals surface area contributed by atoms with Gasteiger partial charge in [-0.05, 0) is 73.8 Å². The minimum Gasteiger partial charge on any atom is -0.593 e. The molecule has 1 heterocycles. The van der Waals surface area contributed by atoms with Gasteiger partial charge in [0.15, 0.2) is 4.90 Å². The summed E-state index contributed by atoms with van der Waals surface area (Å²) >= 11 is 1.27. The van der Waals surface area contributed by atoms with Crippen molar-refractivity contribution in [3.8, 4) is 0 Å². The van der Waals surface area contributed by atoms with Crippen molar-refractivity contribution < 1.29 is 4.55 Å². The van der Waals surface area contributed by atoms with E-state index in [4.69, 9.17) is 0 Å². The summed E-state index contributed by atoms with van der Waals surface area (Å²) in [5, 5.41) is 0. The van der Waals surface area contributed by atoms with E-state index in [0.29, 0.717) is 6.04 Å². The van der Waals surface area contributed by atoms with Gasteiger partial charge >= 0.3 is 0 Å². The lowest BCUT2D eigenvalue weighted by atomic mass is 10.1. The minimum atomic E-state index is -0.995. The van der Waals surface area contributed by atoms with Crippen LogP contribution in [0.4, 0.5) is 0 Å². The van der Waals surface area contributed by atoms with Crippen molar-refractivity contribution in [1.82, 2.24) is 9.21 Å². The van der Waals surface area contributed by atoms with Crippen LogP contribution in [0, 0.1) is 3.57 Å². The van der Waals surface area contributed by atoms with E-state index in [9.17, 15) is 4.55 Å². The van der Waals surface area contributed by atoms with E-state index < -0.39 is 11.4 Å². The first-order valence-corrected chi connectivity index (χ1v) is 8.35. The molecule has 18 heavy (non-hydrogen) atoms. The van der Waals surface area contributed by atoms with Gasteiger partial charge in [0.05, 0.1) is 11.4 Å². The number of hydrogen-bond donors (Lipinski definition) is 0. The van der Waals surface area contributed by atoms with E-state index in [1.165, 1.54) is 3.57 Å². The van der Waals surface area contributed by atoms with Crippen LogP contribution in [-0.4, -0.2) is 47.0 Å². The van der Waals surface area contributed by atoms with Gasteiger partial charge < -0.3 is 9.45 Å². The summed E-state index contributed by atoms with van der Waals surface area (Å²) in [5.74, 6) is 0. The van der Waals surface area contributed by atoms with E-state index in [1.807, 2.05) is 24.3 Å². The molecule has 2 rings (SSSR count). The molecule has 0 spiro atoms. The number of piperidine rings is 1. The van der Waals surface area contributed by atoms with Crippen molar-refractivity contribution in [2.24, 2.45) is 0 Å². The summed E-state index contributed by atoms with van der Waals surface area (Å²) in [7, 11) is 4.24. The lowest BCUT2D eigenvalue weighted by molar-refractivity contribution is 0.196. The summed E-state index contributed by atoms with van der Waals surface area (Å²) in [6.45, 7) is 1.84. The highest BCUT2D eigenvalue weighted by Gasteiger charge is 2.29. The first-order chi connectivity index (χ1) is 8.58. The Kier molecular flexibility index (Phi) is 5.32. The summed E-state index contributed by atoms with van der Waals surface area (Å²) in [6, 6.07) is 8.60. The molecule has 0 aromatic heterocycles. The predicted octanol–water partition coefficient (Wildman–Crippen LogP) is 2.34. The van der Waals surface area contributed by atoms with Crippen molar-refractivity contribution in [2.75, 3.05) is 27.2 Å². The fourth-order valence-corrected chi connectivity index (χ4v) is 3.79. The number of rotatable bonds is 3. The van der Waals surface area contributed by atoms with Gasteiger partial charge in [-0.25, -0.2) is 0 Å². The minimum absolute atomic E-state index is 0.634. The molecule has 1 aliphatic heterocycles. The van der Waals surface area contributed by atoms with Gasteiger partial charge in [0, 0.05) is 22.7 Å². The normalized spacial score (nSPS) is 20.3. The smallest absolute Gasteiger partial charge is 0.174 e. The van der Waals surface area contributed by atoms with Crippen LogP contribution in [0.3, 0.4) is 0 Å². The van der Waals surface area contributed by atoms with Gasteiger partial charge in [-0.1, -0.05) is 0 Å². The molecule has 0 radical (unpaired) electrons. The standard InChI is InChI=1S/C13H19IN2OS/c1-15(2)12-7-9-16(10-8-12)18(17)13-5-3-11(14)4-6-13/h3-6,12H,7-10H2,1-2H3. The van der Waals surface area contributed by atoms with Gasteiger partial charge in [-0.3, -0.25) is 0 Å². The molecule has 0 bridgehead atoms. The highest BCUT2D eigenvalue weighted by atomic mass is 127. The average molecular weight is 378 g/mol. The molecule has 5 heteroatoms. The molecule has 1 atom stereocenters. The second-order valence-corrected chi connectivity index (χ2v) is 7.56. The largest absolute Gasteiger partial charge is 0.593 e. The van der Waals surface area contributed by atoms with E-state index >= 15 is 0 Å². The third-order valence-electron chi connectivity index (χ3n) is 3.40. The molecule has 1 saturated heterocycles. The molecule has 3 nitrogen and oxygen atoms in total. The van der Waals surface area contributed by atoms with Crippen LogP contribution in [0.25, 0.3) is 0 Å². The van der Waals surface area contributed by atoms with Gasteiger partial charge in [0.1, 0.15) is 0 Å². The van der Waals surface area contributed by atoms with Crippen LogP contribution >= 0.6 is 22.6 Å². The second kappa shape index (κ2) is 6.56. The fraction of sp³-hybridized carbons (Fsp3) is 0.538. The van der Waals surface area contributed by atoms with Gasteiger partial charge in [-0.15, -0.1) is 4.31 Å². The van der Waals surface area contributed by atoms with Crippen molar-refractivity contribution in [3.63, 3.8) is 0 Å². The van der Waals surface area contributed by atoms with Crippen LogP contribution in [0.15, 0.2) is 29.2 Å². The van der Waals surface area contributed by atoms with Crippen LogP contribution in [0.5, 0.6) is 0 Å². The van der Waals surface area contributed by atoms with Gasteiger partial charge in [0.25, 0.3) is 0 Å². The number of hydrogen-bond acceptors (Lipinski definition) is 3. The summed E-state index contributed by atoms with van der Waals surface area (Å²) in [4.78, 5) is 3.18. The Morgan fingerprint density at radius 3 is 2.28 bits per heavy atom. The quantitative estimate of drug-likeness (QED) is 0.598. The van der Waals surface area contributed by atoms with E-state index in [-0.39, 0.29) is 0 Å². The Bertz CT molecular complexity index is 377. The maximum atomic E-state index is 12.4. The van der Waals surface area contributed by atoms with Crippen molar-refractivity contribution >= 4 is 34.0 Å². The molecule has 1 aromatic carbocycles. The number of halogens is 1. The Hall–Kier alpha value is 0.180. The topological polar surface area (TPSA) is 29.5 Å². The summed E-state index contributed by atoms with van der Waals surface area (Å²) < 4.78 is 15.7. The van der Waals surface area contributed by atoms with E-state index in [0.717, 1.165) is 30.8 Å². The first-order valence-electron chi connectivity index (χ1n) is 6.17. The Labute approximate surface area is 126 Å².